The van der Waals surface area contributed by atoms with Gasteiger partial charge in [0.05, 0.1) is 25.3 Å². The number of nitrogens with one attached hydrogen (secondary N) is 1. The molecule has 1 rings (SSSR count). The molecule has 10 heteroatoms. The lowest BCUT2D eigenvalue weighted by atomic mass is 10.4. The van der Waals surface area contributed by atoms with Gasteiger partial charge in [0, 0.05) is 20.8 Å². The number of esters is 1. The van der Waals surface area contributed by atoms with Crippen LogP contribution in [-0.4, -0.2) is 60.0 Å². The van der Waals surface area contributed by atoms with Crippen molar-refractivity contribution < 1.29 is 27.4 Å². The number of hydrogen-bond acceptors (Lipinski definition) is 8. The molecular weight excluding hydrogens is 308 g/mol. The van der Waals surface area contributed by atoms with Crippen molar-refractivity contribution in [2.24, 2.45) is 0 Å². The third-order valence-electron chi connectivity index (χ3n) is 2.34. The maximum atomic E-state index is 12.1. The van der Waals surface area contributed by atoms with Crippen LogP contribution in [0, 0.1) is 0 Å². The van der Waals surface area contributed by atoms with Crippen LogP contribution in [0.1, 0.15) is 10.5 Å². The summed E-state index contributed by atoms with van der Waals surface area (Å²) in [6, 6.07) is 0. The first-order valence-corrected chi connectivity index (χ1v) is 7.85. The SMILES string of the molecule is COCC(CNS(=O)(=O)c1scnc1C(=O)OC)OC. The van der Waals surface area contributed by atoms with Gasteiger partial charge in [0.2, 0.25) is 0 Å². The number of hydrogen-bond donors (Lipinski definition) is 1. The summed E-state index contributed by atoms with van der Waals surface area (Å²) in [6.07, 6.45) is -0.427. The van der Waals surface area contributed by atoms with E-state index in [1.807, 2.05) is 0 Å². The third-order valence-corrected chi connectivity index (χ3v) is 5.14. The van der Waals surface area contributed by atoms with Crippen molar-refractivity contribution in [2.75, 3.05) is 34.5 Å². The molecule has 20 heavy (non-hydrogen) atoms. The molecule has 0 aliphatic heterocycles. The highest BCUT2D eigenvalue weighted by Gasteiger charge is 2.27. The van der Waals surface area contributed by atoms with E-state index in [4.69, 9.17) is 9.47 Å². The third kappa shape index (κ3) is 4.21. The topological polar surface area (TPSA) is 104 Å². The minimum absolute atomic E-state index is 0.0190. The minimum atomic E-state index is -3.86. The highest BCUT2D eigenvalue weighted by molar-refractivity contribution is 7.91. The normalized spacial score (nSPS) is 13.2. The van der Waals surface area contributed by atoms with Crippen LogP contribution in [0.4, 0.5) is 0 Å². The van der Waals surface area contributed by atoms with Crippen LogP contribution in [0.2, 0.25) is 0 Å². The van der Waals surface area contributed by atoms with Crippen molar-refractivity contribution >= 4 is 27.3 Å². The Morgan fingerprint density at radius 2 is 2.15 bits per heavy atom. The molecule has 0 aliphatic rings. The van der Waals surface area contributed by atoms with E-state index >= 15 is 0 Å². The van der Waals surface area contributed by atoms with Gasteiger partial charge in [0.1, 0.15) is 0 Å². The Morgan fingerprint density at radius 3 is 2.70 bits per heavy atom. The van der Waals surface area contributed by atoms with E-state index < -0.39 is 22.1 Å². The van der Waals surface area contributed by atoms with Crippen molar-refractivity contribution in [3.05, 3.63) is 11.2 Å². The molecule has 114 valence electrons. The van der Waals surface area contributed by atoms with Crippen LogP contribution in [-0.2, 0) is 24.2 Å². The number of sulfonamides is 1. The zero-order valence-corrected chi connectivity index (χ0v) is 12.9. The Hall–Kier alpha value is -1.07. The van der Waals surface area contributed by atoms with Crippen LogP contribution in [0.15, 0.2) is 9.72 Å². The van der Waals surface area contributed by atoms with E-state index in [1.165, 1.54) is 19.7 Å². The number of ether oxygens (including phenoxy) is 3. The van der Waals surface area contributed by atoms with Crippen molar-refractivity contribution in [3.63, 3.8) is 0 Å². The Labute approximate surface area is 121 Å². The lowest BCUT2D eigenvalue weighted by Gasteiger charge is -2.14. The summed E-state index contributed by atoms with van der Waals surface area (Å²) < 4.78 is 40.8. The molecule has 0 aromatic carbocycles. The number of nitrogens with zero attached hydrogens (tertiary/aromatic N) is 1. The van der Waals surface area contributed by atoms with E-state index in [-0.39, 0.29) is 23.1 Å². The van der Waals surface area contributed by atoms with Gasteiger partial charge in [0.15, 0.2) is 9.90 Å². The average Bonchev–Trinajstić information content (AvgIpc) is 2.92. The molecular formula is C10H16N2O6S2. The summed E-state index contributed by atoms with van der Waals surface area (Å²) in [7, 11) is 0.235. The molecule has 0 saturated carbocycles. The number of aromatic nitrogens is 1. The molecule has 1 unspecified atom stereocenters. The zero-order valence-electron chi connectivity index (χ0n) is 11.3. The summed E-state index contributed by atoms with van der Waals surface area (Å²) in [5.41, 5.74) is 1.04. The molecule has 0 saturated heterocycles. The number of carbonyl (C=O) groups excluding carboxylic acids is 1. The number of carbonyl (C=O) groups is 1. The maximum absolute atomic E-state index is 12.1. The highest BCUT2D eigenvalue weighted by Crippen LogP contribution is 2.20. The van der Waals surface area contributed by atoms with Gasteiger partial charge >= 0.3 is 5.97 Å². The monoisotopic (exact) mass is 324 g/mol. The van der Waals surface area contributed by atoms with Crippen LogP contribution in [0.3, 0.4) is 0 Å². The predicted octanol–water partition coefficient (Wildman–Crippen LogP) is -0.131. The lowest BCUT2D eigenvalue weighted by Crippen LogP contribution is -2.35. The summed E-state index contributed by atoms with van der Waals surface area (Å²) in [4.78, 5) is 15.1. The van der Waals surface area contributed by atoms with E-state index in [0.717, 1.165) is 18.4 Å². The molecule has 0 bridgehead atoms. The fourth-order valence-electron chi connectivity index (χ4n) is 1.32. The number of thiazole rings is 1. The van der Waals surface area contributed by atoms with Gasteiger partial charge in [-0.15, -0.1) is 11.3 Å². The molecule has 8 nitrogen and oxygen atoms in total. The second-order valence-electron chi connectivity index (χ2n) is 3.64. The second-order valence-corrected chi connectivity index (χ2v) is 6.46. The molecule has 1 N–H and O–H groups in total. The van der Waals surface area contributed by atoms with Gasteiger partial charge in [-0.3, -0.25) is 0 Å². The van der Waals surface area contributed by atoms with Crippen molar-refractivity contribution in [1.82, 2.24) is 9.71 Å². The summed E-state index contributed by atoms with van der Waals surface area (Å²) in [5, 5.41) is 0. The lowest BCUT2D eigenvalue weighted by molar-refractivity contribution is 0.0320. The molecule has 1 aromatic heterocycles. The van der Waals surface area contributed by atoms with Gasteiger partial charge in [-0.25, -0.2) is 22.9 Å². The number of rotatable bonds is 8. The van der Waals surface area contributed by atoms with E-state index in [0.29, 0.717) is 0 Å². The highest BCUT2D eigenvalue weighted by atomic mass is 32.2. The average molecular weight is 324 g/mol. The summed E-state index contributed by atoms with van der Waals surface area (Å²) in [6.45, 7) is 0.261. The largest absolute Gasteiger partial charge is 0.464 e. The van der Waals surface area contributed by atoms with Crippen LogP contribution in [0.25, 0.3) is 0 Å². The van der Waals surface area contributed by atoms with E-state index in [9.17, 15) is 13.2 Å². The maximum Gasteiger partial charge on any atom is 0.358 e. The van der Waals surface area contributed by atoms with Crippen LogP contribution >= 0.6 is 11.3 Å². The number of methoxy groups -OCH3 is 3. The van der Waals surface area contributed by atoms with Gasteiger partial charge in [-0.05, 0) is 0 Å². The van der Waals surface area contributed by atoms with Crippen molar-refractivity contribution in [2.45, 2.75) is 10.3 Å². The first-order valence-electron chi connectivity index (χ1n) is 5.49. The smallest absolute Gasteiger partial charge is 0.358 e. The fourth-order valence-corrected chi connectivity index (χ4v) is 3.56. The Balaban J connectivity index is 2.84. The predicted molar refractivity (Wildman–Crippen MR) is 71.3 cm³/mol. The molecule has 1 aromatic rings. The molecule has 0 aliphatic carbocycles. The van der Waals surface area contributed by atoms with Crippen LogP contribution in [0.5, 0.6) is 0 Å². The molecule has 0 spiro atoms. The molecule has 0 fully saturated rings. The molecule has 0 radical (unpaired) electrons. The van der Waals surface area contributed by atoms with Crippen molar-refractivity contribution in [1.29, 1.82) is 0 Å². The quantitative estimate of drug-likeness (QED) is 0.664. The summed E-state index contributed by atoms with van der Waals surface area (Å²) in [5.74, 6) is -0.799. The van der Waals surface area contributed by atoms with E-state index in [2.05, 4.69) is 14.4 Å². The zero-order chi connectivity index (χ0) is 15.2. The van der Waals surface area contributed by atoms with E-state index in [1.54, 1.807) is 0 Å². The molecule has 0 amide bonds. The van der Waals surface area contributed by atoms with Crippen molar-refractivity contribution in [3.8, 4) is 0 Å². The van der Waals surface area contributed by atoms with Gasteiger partial charge < -0.3 is 14.2 Å². The van der Waals surface area contributed by atoms with Gasteiger partial charge in [-0.2, -0.15) is 0 Å². The molecule has 1 atom stereocenters. The molecule has 1 heterocycles. The first-order chi connectivity index (χ1) is 9.46. The Morgan fingerprint density at radius 1 is 1.45 bits per heavy atom. The second kappa shape index (κ2) is 7.64. The Kier molecular flexibility index (Phi) is 6.49. The summed E-state index contributed by atoms with van der Waals surface area (Å²) >= 11 is 0.838. The Bertz CT molecular complexity index is 542. The fraction of sp³-hybridized carbons (Fsp3) is 0.600. The van der Waals surface area contributed by atoms with Gasteiger partial charge in [0.25, 0.3) is 10.0 Å². The standard InChI is InChI=1S/C10H16N2O6S2/c1-16-5-7(17-2)4-12-20(14,15)10-8(9(13)18-3)11-6-19-10/h6-7,12H,4-5H2,1-3H3. The first kappa shape index (κ1) is 17.0. The van der Waals surface area contributed by atoms with Gasteiger partial charge in [-0.1, -0.05) is 0 Å². The minimum Gasteiger partial charge on any atom is -0.464 e. The van der Waals surface area contributed by atoms with Crippen LogP contribution < -0.4 is 4.72 Å².